The van der Waals surface area contributed by atoms with E-state index in [2.05, 4.69) is 10.5 Å². The second kappa shape index (κ2) is 16.6. The molecular weight excluding hydrogens is 555 g/mol. The smallest absolute Gasteiger partial charge is 0.330 e. The van der Waals surface area contributed by atoms with Gasteiger partial charge in [-0.2, -0.15) is 0 Å². The van der Waals surface area contributed by atoms with Crippen molar-refractivity contribution in [3.63, 3.8) is 0 Å². The molecule has 0 saturated heterocycles. The number of esters is 1. The molecule has 0 saturated carbocycles. The van der Waals surface area contributed by atoms with Gasteiger partial charge in [0.1, 0.15) is 29.2 Å². The first-order chi connectivity index (χ1) is 18.2. The van der Waals surface area contributed by atoms with E-state index in [4.69, 9.17) is 53.9 Å². The molecule has 0 fully saturated rings. The van der Waals surface area contributed by atoms with Gasteiger partial charge in [-0.25, -0.2) is 4.79 Å². The minimum Gasteiger partial charge on any atom is -0.494 e. The molecule has 0 heterocycles. The third-order valence-electron chi connectivity index (χ3n) is 4.83. The maximum Gasteiger partial charge on any atom is 0.330 e. The molecule has 2 aromatic rings. The lowest BCUT2D eigenvalue weighted by atomic mass is 10.1. The molecule has 2 rings (SSSR count). The van der Waals surface area contributed by atoms with Crippen LogP contribution in [0, 0.1) is 0 Å². The predicted molar refractivity (Wildman–Crippen MR) is 151 cm³/mol. The van der Waals surface area contributed by atoms with Crippen molar-refractivity contribution in [2.45, 2.75) is 26.7 Å². The third-order valence-corrected chi connectivity index (χ3v) is 5.42. The van der Waals surface area contributed by atoms with Crippen LogP contribution in [-0.4, -0.2) is 44.5 Å². The summed E-state index contributed by atoms with van der Waals surface area (Å²) < 4.78 is 15.9. The number of oxime groups is 1. The Morgan fingerprint density at radius 2 is 1.87 bits per heavy atom. The standard InChI is InChI=1S/C27H29Cl3N2O6/c1-4-36-26(34)12-9-19-7-10-20(11-8-19)31-25(33)6-5-14-38-32-18(2)22-16-21(37-15-13-24(29)30)17-23(28)27(22)35-3/h7-13,16-17H,4-6,14-15H2,1-3H3,(H,31,33)/b12-9+,32-18+. The van der Waals surface area contributed by atoms with Crippen molar-refractivity contribution >= 4 is 64.2 Å². The molecule has 8 nitrogen and oxygen atoms in total. The summed E-state index contributed by atoms with van der Waals surface area (Å²) in [5.74, 6) is 0.342. The number of benzene rings is 2. The molecule has 204 valence electrons. The van der Waals surface area contributed by atoms with Gasteiger partial charge >= 0.3 is 5.97 Å². The molecule has 0 aromatic heterocycles. The first kappa shape index (κ1) is 31.0. The van der Waals surface area contributed by atoms with E-state index in [9.17, 15) is 9.59 Å². The van der Waals surface area contributed by atoms with Crippen molar-refractivity contribution in [1.82, 2.24) is 0 Å². The van der Waals surface area contributed by atoms with Crippen molar-refractivity contribution in [2.24, 2.45) is 5.16 Å². The van der Waals surface area contributed by atoms with E-state index < -0.39 is 5.97 Å². The number of carbonyl (C=O) groups excluding carboxylic acids is 2. The summed E-state index contributed by atoms with van der Waals surface area (Å²) in [6.07, 6.45) is 5.20. The number of anilines is 1. The molecule has 0 unspecified atom stereocenters. The number of nitrogens with one attached hydrogen (secondary N) is 1. The monoisotopic (exact) mass is 582 g/mol. The molecule has 0 aliphatic heterocycles. The highest BCUT2D eigenvalue weighted by Gasteiger charge is 2.14. The summed E-state index contributed by atoms with van der Waals surface area (Å²) in [5, 5.41) is 7.29. The van der Waals surface area contributed by atoms with Crippen LogP contribution in [0.25, 0.3) is 6.08 Å². The molecule has 2 aromatic carbocycles. The minimum atomic E-state index is -0.404. The highest BCUT2D eigenvalue weighted by Crippen LogP contribution is 2.34. The van der Waals surface area contributed by atoms with Crippen molar-refractivity contribution in [3.05, 3.63) is 69.2 Å². The van der Waals surface area contributed by atoms with Crippen molar-refractivity contribution in [1.29, 1.82) is 0 Å². The maximum absolute atomic E-state index is 12.2. The van der Waals surface area contributed by atoms with Gasteiger partial charge in [-0.15, -0.1) is 0 Å². The average Bonchev–Trinajstić information content (AvgIpc) is 2.87. The van der Waals surface area contributed by atoms with Crippen LogP contribution >= 0.6 is 34.8 Å². The maximum atomic E-state index is 12.2. The van der Waals surface area contributed by atoms with Crippen LogP contribution in [0.15, 0.2) is 58.2 Å². The Hall–Kier alpha value is -3.20. The van der Waals surface area contributed by atoms with E-state index in [1.165, 1.54) is 19.3 Å². The number of hydrogen-bond donors (Lipinski definition) is 1. The Kier molecular flexibility index (Phi) is 13.6. The summed E-state index contributed by atoms with van der Waals surface area (Å²) in [6.45, 7) is 4.20. The number of carbonyl (C=O) groups is 2. The Morgan fingerprint density at radius 3 is 2.53 bits per heavy atom. The van der Waals surface area contributed by atoms with Crippen LogP contribution in [-0.2, 0) is 19.2 Å². The largest absolute Gasteiger partial charge is 0.494 e. The minimum absolute atomic E-state index is 0.0998. The van der Waals surface area contributed by atoms with E-state index in [0.717, 1.165) is 5.56 Å². The van der Waals surface area contributed by atoms with Crippen LogP contribution < -0.4 is 14.8 Å². The number of ether oxygens (including phenoxy) is 3. The Bertz CT molecular complexity index is 1180. The van der Waals surface area contributed by atoms with Crippen LogP contribution in [0.4, 0.5) is 5.69 Å². The third kappa shape index (κ3) is 11.0. The molecule has 0 bridgehead atoms. The Balaban J connectivity index is 1.84. The van der Waals surface area contributed by atoms with Crippen LogP contribution in [0.1, 0.15) is 37.8 Å². The summed E-state index contributed by atoms with van der Waals surface area (Å²) >= 11 is 17.5. The highest BCUT2D eigenvalue weighted by molar-refractivity contribution is 6.55. The lowest BCUT2D eigenvalue weighted by molar-refractivity contribution is -0.137. The fraction of sp³-hybridized carbons (Fsp3) is 0.296. The zero-order valence-electron chi connectivity index (χ0n) is 21.3. The molecular formula is C27H29Cl3N2O6. The quantitative estimate of drug-likeness (QED) is 0.0866. The number of amides is 1. The van der Waals surface area contributed by atoms with E-state index in [-0.39, 0.29) is 30.0 Å². The van der Waals surface area contributed by atoms with Gasteiger partial charge in [0.05, 0.1) is 24.5 Å². The fourth-order valence-electron chi connectivity index (χ4n) is 3.07. The molecule has 38 heavy (non-hydrogen) atoms. The molecule has 0 spiro atoms. The van der Waals surface area contributed by atoms with Gasteiger partial charge in [-0.05, 0) is 56.2 Å². The topological polar surface area (TPSA) is 95.5 Å². The van der Waals surface area contributed by atoms with Crippen molar-refractivity contribution < 1.29 is 28.6 Å². The van der Waals surface area contributed by atoms with Crippen LogP contribution in [0.2, 0.25) is 5.02 Å². The molecule has 0 atom stereocenters. The van der Waals surface area contributed by atoms with Gasteiger partial charge in [0.2, 0.25) is 5.91 Å². The van der Waals surface area contributed by atoms with Crippen LogP contribution in [0.5, 0.6) is 11.5 Å². The molecule has 0 aliphatic carbocycles. The number of rotatable bonds is 14. The highest BCUT2D eigenvalue weighted by atomic mass is 35.5. The predicted octanol–water partition coefficient (Wildman–Crippen LogP) is 6.78. The Labute approximate surface area is 237 Å². The van der Waals surface area contributed by atoms with Crippen LogP contribution in [0.3, 0.4) is 0 Å². The first-order valence-corrected chi connectivity index (χ1v) is 12.8. The average molecular weight is 584 g/mol. The lowest BCUT2D eigenvalue weighted by Gasteiger charge is -2.13. The summed E-state index contributed by atoms with van der Waals surface area (Å²) in [4.78, 5) is 29.0. The molecule has 1 N–H and O–H groups in total. The number of hydrogen-bond acceptors (Lipinski definition) is 7. The van der Waals surface area contributed by atoms with E-state index in [0.29, 0.717) is 46.5 Å². The van der Waals surface area contributed by atoms with Gasteiger partial charge in [-0.3, -0.25) is 4.79 Å². The molecule has 1 amide bonds. The lowest BCUT2D eigenvalue weighted by Crippen LogP contribution is -2.12. The van der Waals surface area contributed by atoms with E-state index in [1.807, 2.05) is 0 Å². The van der Waals surface area contributed by atoms with Gasteiger partial charge in [0.15, 0.2) is 0 Å². The summed E-state index contributed by atoms with van der Waals surface area (Å²) in [6, 6.07) is 10.4. The van der Waals surface area contributed by atoms with Gasteiger partial charge in [0.25, 0.3) is 0 Å². The first-order valence-electron chi connectivity index (χ1n) is 11.7. The zero-order chi connectivity index (χ0) is 27.9. The summed E-state index contributed by atoms with van der Waals surface area (Å²) in [5.41, 5.74) is 2.56. The molecule has 0 radical (unpaired) electrons. The zero-order valence-corrected chi connectivity index (χ0v) is 23.5. The Morgan fingerprint density at radius 1 is 1.13 bits per heavy atom. The number of methoxy groups -OCH3 is 1. The number of halogens is 3. The van der Waals surface area contributed by atoms with Gasteiger partial charge in [-0.1, -0.05) is 52.1 Å². The molecule has 11 heteroatoms. The normalized spacial score (nSPS) is 11.2. The van der Waals surface area contributed by atoms with E-state index in [1.54, 1.807) is 56.3 Å². The summed E-state index contributed by atoms with van der Waals surface area (Å²) in [7, 11) is 1.50. The fourth-order valence-corrected chi connectivity index (χ4v) is 3.49. The second-order valence-electron chi connectivity index (χ2n) is 7.66. The number of nitrogens with zero attached hydrogens (tertiary/aromatic N) is 1. The molecule has 0 aliphatic rings. The van der Waals surface area contributed by atoms with Gasteiger partial charge < -0.3 is 24.4 Å². The van der Waals surface area contributed by atoms with Gasteiger partial charge in [0, 0.05) is 29.8 Å². The van der Waals surface area contributed by atoms with Crippen molar-refractivity contribution in [2.75, 3.05) is 32.2 Å². The van der Waals surface area contributed by atoms with Crippen molar-refractivity contribution in [3.8, 4) is 11.5 Å². The second-order valence-corrected chi connectivity index (χ2v) is 9.07. The SMILES string of the molecule is CCOC(=O)/C=C/c1ccc(NC(=O)CCCO/N=C(\C)c2cc(OCC=C(Cl)Cl)cc(Cl)c2OC)cc1. The van der Waals surface area contributed by atoms with E-state index >= 15 is 0 Å².